The number of anilines is 1. The van der Waals surface area contributed by atoms with Crippen LogP contribution in [0.5, 0.6) is 5.75 Å². The Morgan fingerprint density at radius 2 is 1.79 bits per heavy atom. The number of amides is 1. The third-order valence-corrected chi connectivity index (χ3v) is 4.47. The summed E-state index contributed by atoms with van der Waals surface area (Å²) in [6.07, 6.45) is -0.941. The average molecular weight is 418 g/mol. The molecule has 0 aliphatic heterocycles. The van der Waals surface area contributed by atoms with Crippen LogP contribution in [0, 0.1) is 0 Å². The molecule has 1 N–H and O–H groups in total. The maximum atomic E-state index is 12.2. The highest BCUT2D eigenvalue weighted by Crippen LogP contribution is 2.28. The molecule has 7 heteroatoms. The minimum Gasteiger partial charge on any atom is -0.477 e. The number of fused-ring (bicyclic) bond motifs is 1. The third kappa shape index (κ3) is 4.94. The van der Waals surface area contributed by atoms with Crippen LogP contribution in [-0.2, 0) is 14.3 Å². The zero-order valence-corrected chi connectivity index (χ0v) is 16.5. The number of rotatable bonds is 6. The van der Waals surface area contributed by atoms with Crippen molar-refractivity contribution in [3.05, 3.63) is 70.7 Å². The van der Waals surface area contributed by atoms with Gasteiger partial charge in [-0.05, 0) is 36.6 Å². The molecule has 0 heterocycles. The summed E-state index contributed by atoms with van der Waals surface area (Å²) in [5.74, 6) is -0.823. The first-order chi connectivity index (χ1) is 13.4. The Kier molecular flexibility index (Phi) is 6.39. The van der Waals surface area contributed by atoms with Gasteiger partial charge in [0.1, 0.15) is 5.75 Å². The van der Waals surface area contributed by atoms with Gasteiger partial charge in [0.25, 0.3) is 5.91 Å². The molecule has 1 atom stereocenters. The maximum Gasteiger partial charge on any atom is 0.347 e. The van der Waals surface area contributed by atoms with Gasteiger partial charge in [-0.15, -0.1) is 0 Å². The Bertz CT molecular complexity index is 1020. The third-order valence-electron chi connectivity index (χ3n) is 3.94. The SMILES string of the molecule is C[C@H](Oc1ccc(Cl)cc1Cl)C(=O)OCC(=O)Nc1cccc2ccccc12. The number of carbonyl (C=O) groups excluding carboxylic acids is 2. The largest absolute Gasteiger partial charge is 0.477 e. The second kappa shape index (κ2) is 8.95. The fourth-order valence-electron chi connectivity index (χ4n) is 2.58. The van der Waals surface area contributed by atoms with E-state index >= 15 is 0 Å². The number of esters is 1. The molecule has 3 aromatic rings. The first-order valence-corrected chi connectivity index (χ1v) is 9.25. The van der Waals surface area contributed by atoms with Crippen molar-refractivity contribution in [1.82, 2.24) is 0 Å². The lowest BCUT2D eigenvalue weighted by atomic mass is 10.1. The van der Waals surface area contributed by atoms with Crippen LogP contribution < -0.4 is 10.1 Å². The molecule has 0 aliphatic rings. The van der Waals surface area contributed by atoms with E-state index in [4.69, 9.17) is 32.7 Å². The second-order valence-electron chi connectivity index (χ2n) is 6.02. The van der Waals surface area contributed by atoms with E-state index in [2.05, 4.69) is 5.32 Å². The van der Waals surface area contributed by atoms with E-state index in [1.54, 1.807) is 18.2 Å². The molecule has 0 saturated heterocycles. The summed E-state index contributed by atoms with van der Waals surface area (Å²) in [6.45, 7) is 1.08. The maximum absolute atomic E-state index is 12.2. The summed E-state index contributed by atoms with van der Waals surface area (Å²) in [5, 5.41) is 5.39. The summed E-state index contributed by atoms with van der Waals surface area (Å²) >= 11 is 11.8. The van der Waals surface area contributed by atoms with Crippen LogP contribution in [0.2, 0.25) is 10.0 Å². The molecule has 1 amide bonds. The summed E-state index contributed by atoms with van der Waals surface area (Å²) in [4.78, 5) is 24.3. The number of carbonyl (C=O) groups is 2. The summed E-state index contributed by atoms with van der Waals surface area (Å²) in [6, 6.07) is 17.9. The Morgan fingerprint density at radius 1 is 1.04 bits per heavy atom. The average Bonchev–Trinajstić information content (AvgIpc) is 2.68. The Morgan fingerprint density at radius 3 is 2.57 bits per heavy atom. The van der Waals surface area contributed by atoms with E-state index in [9.17, 15) is 9.59 Å². The summed E-state index contributed by atoms with van der Waals surface area (Å²) in [5.41, 5.74) is 0.649. The Hall–Kier alpha value is -2.76. The lowest BCUT2D eigenvalue weighted by Crippen LogP contribution is -2.29. The van der Waals surface area contributed by atoms with Crippen molar-refractivity contribution in [3.8, 4) is 5.75 Å². The quantitative estimate of drug-likeness (QED) is 0.566. The molecule has 0 saturated carbocycles. The number of ether oxygens (including phenoxy) is 2. The van der Waals surface area contributed by atoms with Crippen molar-refractivity contribution in [2.45, 2.75) is 13.0 Å². The molecule has 144 valence electrons. The van der Waals surface area contributed by atoms with E-state index in [0.29, 0.717) is 16.5 Å². The number of hydrogen-bond acceptors (Lipinski definition) is 4. The van der Waals surface area contributed by atoms with Crippen molar-refractivity contribution in [3.63, 3.8) is 0 Å². The molecule has 0 fully saturated rings. The number of hydrogen-bond donors (Lipinski definition) is 1. The predicted octanol–water partition coefficient (Wildman–Crippen LogP) is 5.10. The molecule has 0 aliphatic carbocycles. The number of benzene rings is 3. The van der Waals surface area contributed by atoms with Gasteiger partial charge < -0.3 is 14.8 Å². The van der Waals surface area contributed by atoms with E-state index in [1.807, 2.05) is 36.4 Å². The molecule has 0 aromatic heterocycles. The molecule has 0 bridgehead atoms. The van der Waals surface area contributed by atoms with E-state index < -0.39 is 24.6 Å². The van der Waals surface area contributed by atoms with Gasteiger partial charge in [0.2, 0.25) is 0 Å². The second-order valence-corrected chi connectivity index (χ2v) is 6.86. The lowest BCUT2D eigenvalue weighted by Gasteiger charge is -2.15. The monoisotopic (exact) mass is 417 g/mol. The van der Waals surface area contributed by atoms with Crippen LogP contribution in [0.1, 0.15) is 6.92 Å². The van der Waals surface area contributed by atoms with Crippen LogP contribution in [0.3, 0.4) is 0 Å². The standard InChI is InChI=1S/C21H17Cl2NO4/c1-13(28-19-10-9-15(22)11-17(19)23)21(26)27-12-20(25)24-18-8-4-6-14-5-2-3-7-16(14)18/h2-11,13H,12H2,1H3,(H,24,25)/t13-/m0/s1. The topological polar surface area (TPSA) is 64.6 Å². The lowest BCUT2D eigenvalue weighted by molar-refractivity contribution is -0.153. The Labute approximate surface area is 172 Å². The summed E-state index contributed by atoms with van der Waals surface area (Å²) in [7, 11) is 0. The van der Waals surface area contributed by atoms with Crippen LogP contribution in [0.4, 0.5) is 5.69 Å². The summed E-state index contributed by atoms with van der Waals surface area (Å²) < 4.78 is 10.5. The smallest absolute Gasteiger partial charge is 0.347 e. The minimum absolute atomic E-state index is 0.279. The van der Waals surface area contributed by atoms with Crippen LogP contribution in [0.25, 0.3) is 10.8 Å². The molecular formula is C21H17Cl2NO4. The van der Waals surface area contributed by atoms with Gasteiger partial charge in [0.15, 0.2) is 12.7 Å². The van der Waals surface area contributed by atoms with Gasteiger partial charge in [-0.25, -0.2) is 4.79 Å². The fraction of sp³-hybridized carbons (Fsp3) is 0.143. The van der Waals surface area contributed by atoms with Gasteiger partial charge >= 0.3 is 5.97 Å². The van der Waals surface area contributed by atoms with Crippen LogP contribution >= 0.6 is 23.2 Å². The molecule has 5 nitrogen and oxygen atoms in total. The number of halogens is 2. The molecule has 0 spiro atoms. The van der Waals surface area contributed by atoms with Crippen molar-refractivity contribution < 1.29 is 19.1 Å². The van der Waals surface area contributed by atoms with E-state index in [1.165, 1.54) is 13.0 Å². The molecule has 3 rings (SSSR count). The zero-order chi connectivity index (χ0) is 20.1. The van der Waals surface area contributed by atoms with Gasteiger partial charge in [-0.1, -0.05) is 59.6 Å². The van der Waals surface area contributed by atoms with Crippen molar-refractivity contribution in [1.29, 1.82) is 0 Å². The number of nitrogens with one attached hydrogen (secondary N) is 1. The van der Waals surface area contributed by atoms with E-state index in [0.717, 1.165) is 10.8 Å². The zero-order valence-electron chi connectivity index (χ0n) is 14.9. The Balaban J connectivity index is 1.55. The highest BCUT2D eigenvalue weighted by molar-refractivity contribution is 6.35. The molecule has 0 radical (unpaired) electrons. The molecule has 3 aromatic carbocycles. The highest BCUT2D eigenvalue weighted by atomic mass is 35.5. The van der Waals surface area contributed by atoms with Crippen LogP contribution in [0.15, 0.2) is 60.7 Å². The van der Waals surface area contributed by atoms with Crippen molar-refractivity contribution in [2.75, 3.05) is 11.9 Å². The predicted molar refractivity (Wildman–Crippen MR) is 110 cm³/mol. The minimum atomic E-state index is -0.941. The van der Waals surface area contributed by atoms with Gasteiger partial charge in [0.05, 0.1) is 5.02 Å². The van der Waals surface area contributed by atoms with Crippen LogP contribution in [-0.4, -0.2) is 24.6 Å². The van der Waals surface area contributed by atoms with Crippen molar-refractivity contribution in [2.24, 2.45) is 0 Å². The van der Waals surface area contributed by atoms with Crippen molar-refractivity contribution >= 4 is 51.5 Å². The first-order valence-electron chi connectivity index (χ1n) is 8.50. The van der Waals surface area contributed by atoms with Gasteiger partial charge in [-0.3, -0.25) is 4.79 Å². The first kappa shape index (κ1) is 20.0. The fourth-order valence-corrected chi connectivity index (χ4v) is 3.04. The molecular weight excluding hydrogens is 401 g/mol. The highest BCUT2D eigenvalue weighted by Gasteiger charge is 2.19. The normalized spacial score (nSPS) is 11.7. The molecule has 0 unspecified atom stereocenters. The molecule has 28 heavy (non-hydrogen) atoms. The van der Waals surface area contributed by atoms with Gasteiger partial charge in [-0.2, -0.15) is 0 Å². The van der Waals surface area contributed by atoms with Gasteiger partial charge in [0, 0.05) is 16.1 Å². The van der Waals surface area contributed by atoms with E-state index in [-0.39, 0.29) is 5.02 Å².